The minimum Gasteiger partial charge on any atom is -0.494 e. The van der Waals surface area contributed by atoms with Crippen molar-refractivity contribution in [1.82, 2.24) is 0 Å². The van der Waals surface area contributed by atoms with Crippen LogP contribution in [0.1, 0.15) is 19.4 Å². The van der Waals surface area contributed by atoms with Crippen LogP contribution in [0.3, 0.4) is 0 Å². The zero-order valence-electron chi connectivity index (χ0n) is 10.5. The van der Waals surface area contributed by atoms with Crippen molar-refractivity contribution in [2.45, 2.75) is 25.9 Å². The van der Waals surface area contributed by atoms with Crippen LogP contribution < -0.4 is 10.5 Å². The molecule has 0 bridgehead atoms. The number of methoxy groups -OCH3 is 1. The minimum absolute atomic E-state index is 0.0434. The van der Waals surface area contributed by atoms with Gasteiger partial charge in [0.05, 0.1) is 12.7 Å². The van der Waals surface area contributed by atoms with Crippen molar-refractivity contribution in [3.63, 3.8) is 0 Å². The van der Waals surface area contributed by atoms with Gasteiger partial charge in [-0.1, -0.05) is 26.0 Å². The first kappa shape index (κ1) is 13.9. The second-order valence-corrected chi connectivity index (χ2v) is 4.57. The molecule has 1 aromatic carbocycles. The Bertz CT molecular complexity index is 382. The third-order valence-electron chi connectivity index (χ3n) is 3.19. The maximum atomic E-state index is 13.9. The average molecular weight is 241 g/mol. The molecule has 1 unspecified atom stereocenters. The average Bonchev–Trinajstić information content (AvgIpc) is 2.31. The quantitative estimate of drug-likeness (QED) is 0.825. The van der Waals surface area contributed by atoms with Gasteiger partial charge in [0.1, 0.15) is 0 Å². The van der Waals surface area contributed by atoms with Crippen LogP contribution in [0.2, 0.25) is 0 Å². The molecule has 1 rings (SSSR count). The highest BCUT2D eigenvalue weighted by Crippen LogP contribution is 2.26. The van der Waals surface area contributed by atoms with Gasteiger partial charge in [-0.25, -0.2) is 4.39 Å². The van der Waals surface area contributed by atoms with Gasteiger partial charge in [-0.2, -0.15) is 0 Å². The van der Waals surface area contributed by atoms with E-state index in [1.54, 1.807) is 18.2 Å². The van der Waals surface area contributed by atoms with Crippen LogP contribution in [0.25, 0.3) is 0 Å². The largest absolute Gasteiger partial charge is 0.494 e. The van der Waals surface area contributed by atoms with Crippen molar-refractivity contribution in [3.05, 3.63) is 29.6 Å². The zero-order chi connectivity index (χ0) is 13.1. The van der Waals surface area contributed by atoms with E-state index in [4.69, 9.17) is 10.5 Å². The Balaban J connectivity index is 3.02. The Hall–Kier alpha value is -1.13. The van der Waals surface area contributed by atoms with Crippen LogP contribution in [-0.2, 0) is 6.42 Å². The first-order chi connectivity index (χ1) is 7.94. The van der Waals surface area contributed by atoms with Crippen molar-refractivity contribution in [3.8, 4) is 5.75 Å². The molecule has 0 saturated carbocycles. The van der Waals surface area contributed by atoms with E-state index >= 15 is 0 Å². The molecule has 0 radical (unpaired) electrons. The summed E-state index contributed by atoms with van der Waals surface area (Å²) in [4.78, 5) is 0. The molecule has 0 aliphatic heterocycles. The first-order valence-corrected chi connectivity index (χ1v) is 5.68. The second-order valence-electron chi connectivity index (χ2n) is 4.57. The molecular weight excluding hydrogens is 221 g/mol. The summed E-state index contributed by atoms with van der Waals surface area (Å²) in [6.07, 6.45) is 0.185. The van der Waals surface area contributed by atoms with E-state index in [9.17, 15) is 9.50 Å². The number of ether oxygens (including phenoxy) is 1. The summed E-state index contributed by atoms with van der Waals surface area (Å²) in [6.45, 7) is 3.83. The summed E-state index contributed by atoms with van der Waals surface area (Å²) in [5.74, 6) is -0.286. The lowest BCUT2D eigenvalue weighted by Gasteiger charge is -2.31. The van der Waals surface area contributed by atoms with Gasteiger partial charge in [-0.05, 0) is 17.5 Å². The standard InChI is InChI=1S/C13H20FNO2/c1-9(2)13(16,8-15)7-10-5-4-6-11(17-3)12(10)14/h4-6,9,16H,7-8,15H2,1-3H3. The Morgan fingerprint density at radius 1 is 1.47 bits per heavy atom. The molecule has 4 heteroatoms. The monoisotopic (exact) mass is 241 g/mol. The number of hydrogen-bond acceptors (Lipinski definition) is 3. The molecule has 17 heavy (non-hydrogen) atoms. The zero-order valence-corrected chi connectivity index (χ0v) is 10.5. The van der Waals surface area contributed by atoms with Gasteiger partial charge in [-0.3, -0.25) is 0 Å². The summed E-state index contributed by atoms with van der Waals surface area (Å²) >= 11 is 0. The van der Waals surface area contributed by atoms with Crippen molar-refractivity contribution in [1.29, 1.82) is 0 Å². The lowest BCUT2D eigenvalue weighted by atomic mass is 9.84. The SMILES string of the molecule is COc1cccc(CC(O)(CN)C(C)C)c1F. The maximum absolute atomic E-state index is 13.9. The van der Waals surface area contributed by atoms with Crippen LogP contribution >= 0.6 is 0 Å². The maximum Gasteiger partial charge on any atom is 0.168 e. The number of halogens is 1. The lowest BCUT2D eigenvalue weighted by Crippen LogP contribution is -2.45. The van der Waals surface area contributed by atoms with E-state index in [-0.39, 0.29) is 24.6 Å². The molecule has 3 nitrogen and oxygen atoms in total. The van der Waals surface area contributed by atoms with E-state index in [1.165, 1.54) is 7.11 Å². The van der Waals surface area contributed by atoms with E-state index < -0.39 is 11.4 Å². The fraction of sp³-hybridized carbons (Fsp3) is 0.538. The van der Waals surface area contributed by atoms with Crippen LogP contribution in [0.4, 0.5) is 4.39 Å². The van der Waals surface area contributed by atoms with Crippen LogP contribution in [0.5, 0.6) is 5.75 Å². The van der Waals surface area contributed by atoms with Gasteiger partial charge in [0.25, 0.3) is 0 Å². The molecular formula is C13H20FNO2. The summed E-state index contributed by atoms with van der Waals surface area (Å²) in [6, 6.07) is 4.89. The fourth-order valence-electron chi connectivity index (χ4n) is 1.69. The number of rotatable bonds is 5. The number of nitrogens with two attached hydrogens (primary N) is 1. The number of hydrogen-bond donors (Lipinski definition) is 2. The molecule has 0 fully saturated rings. The normalized spacial score (nSPS) is 14.8. The molecule has 0 aliphatic rings. The van der Waals surface area contributed by atoms with E-state index in [0.717, 1.165) is 0 Å². The predicted molar refractivity (Wildman–Crippen MR) is 65.5 cm³/mol. The Morgan fingerprint density at radius 3 is 2.59 bits per heavy atom. The highest BCUT2D eigenvalue weighted by Gasteiger charge is 2.31. The molecule has 0 amide bonds. The van der Waals surface area contributed by atoms with Crippen molar-refractivity contribution in [2.75, 3.05) is 13.7 Å². The molecule has 3 N–H and O–H groups in total. The highest BCUT2D eigenvalue weighted by molar-refractivity contribution is 5.32. The van der Waals surface area contributed by atoms with E-state index in [1.807, 2.05) is 13.8 Å². The molecule has 96 valence electrons. The summed E-state index contributed by atoms with van der Waals surface area (Å²) in [7, 11) is 1.42. The molecule has 0 aliphatic carbocycles. The Morgan fingerprint density at radius 2 is 2.12 bits per heavy atom. The van der Waals surface area contributed by atoms with Gasteiger partial charge in [0.15, 0.2) is 11.6 Å². The summed E-state index contributed by atoms with van der Waals surface area (Å²) < 4.78 is 18.8. The van der Waals surface area contributed by atoms with Crippen molar-refractivity contribution < 1.29 is 14.2 Å². The van der Waals surface area contributed by atoms with Gasteiger partial charge in [0, 0.05) is 13.0 Å². The number of benzene rings is 1. The summed E-state index contributed by atoms with van der Waals surface area (Å²) in [5.41, 5.74) is 4.90. The van der Waals surface area contributed by atoms with E-state index in [0.29, 0.717) is 5.56 Å². The third kappa shape index (κ3) is 2.96. The second kappa shape index (κ2) is 5.47. The first-order valence-electron chi connectivity index (χ1n) is 5.68. The van der Waals surface area contributed by atoms with Crippen LogP contribution in [0.15, 0.2) is 18.2 Å². The predicted octanol–water partition coefficient (Wildman–Crippen LogP) is 1.72. The smallest absolute Gasteiger partial charge is 0.168 e. The van der Waals surface area contributed by atoms with Gasteiger partial charge < -0.3 is 15.6 Å². The Labute approximate surface area is 101 Å². The topological polar surface area (TPSA) is 55.5 Å². The fourth-order valence-corrected chi connectivity index (χ4v) is 1.69. The molecule has 1 atom stereocenters. The highest BCUT2D eigenvalue weighted by atomic mass is 19.1. The molecule has 0 heterocycles. The van der Waals surface area contributed by atoms with Gasteiger partial charge >= 0.3 is 0 Å². The van der Waals surface area contributed by atoms with Crippen LogP contribution in [-0.4, -0.2) is 24.4 Å². The van der Waals surface area contributed by atoms with Crippen LogP contribution in [0, 0.1) is 11.7 Å². The van der Waals surface area contributed by atoms with Gasteiger partial charge in [-0.15, -0.1) is 0 Å². The molecule has 0 spiro atoms. The molecule has 0 aromatic heterocycles. The molecule has 0 saturated heterocycles. The third-order valence-corrected chi connectivity index (χ3v) is 3.19. The van der Waals surface area contributed by atoms with Crippen molar-refractivity contribution >= 4 is 0 Å². The minimum atomic E-state index is -1.09. The van der Waals surface area contributed by atoms with Crippen molar-refractivity contribution in [2.24, 2.45) is 11.7 Å². The molecule has 1 aromatic rings. The lowest BCUT2D eigenvalue weighted by molar-refractivity contribution is 0.00331. The van der Waals surface area contributed by atoms with E-state index in [2.05, 4.69) is 0 Å². The number of aliphatic hydroxyl groups is 1. The summed E-state index contributed by atoms with van der Waals surface area (Å²) in [5, 5.41) is 10.3. The van der Waals surface area contributed by atoms with Gasteiger partial charge in [0.2, 0.25) is 0 Å². The Kier molecular flexibility index (Phi) is 4.48.